The van der Waals surface area contributed by atoms with Crippen LogP contribution in [0.4, 0.5) is 0 Å². The van der Waals surface area contributed by atoms with E-state index in [1.165, 1.54) is 17.5 Å². The van der Waals surface area contributed by atoms with E-state index in [0.717, 1.165) is 51.1 Å². The number of fused-ring (bicyclic) bond motifs is 1. The van der Waals surface area contributed by atoms with Gasteiger partial charge < -0.3 is 9.47 Å². The molecule has 4 nitrogen and oxygen atoms in total. The van der Waals surface area contributed by atoms with Crippen LogP contribution in [0.15, 0.2) is 30.5 Å². The number of nitrogens with zero attached hydrogens (tertiary/aromatic N) is 3. The summed E-state index contributed by atoms with van der Waals surface area (Å²) in [6.45, 7) is 4.84. The summed E-state index contributed by atoms with van der Waals surface area (Å²) in [6, 6.07) is 8.79. The van der Waals surface area contributed by atoms with Gasteiger partial charge >= 0.3 is 0 Å². The van der Waals surface area contributed by atoms with Crippen molar-refractivity contribution in [3.05, 3.63) is 53.1 Å². The lowest BCUT2D eigenvalue weighted by Crippen LogP contribution is -2.35. The molecule has 0 unspecified atom stereocenters. The van der Waals surface area contributed by atoms with Gasteiger partial charge in [-0.3, -0.25) is 4.79 Å². The van der Waals surface area contributed by atoms with Crippen molar-refractivity contribution in [1.82, 2.24) is 14.5 Å². The minimum absolute atomic E-state index is 0.115. The first-order chi connectivity index (χ1) is 11.7. The largest absolute Gasteiger partial charge is 0.337 e. The Bertz CT molecular complexity index is 743. The summed E-state index contributed by atoms with van der Waals surface area (Å²) in [7, 11) is 0. The van der Waals surface area contributed by atoms with Crippen molar-refractivity contribution < 1.29 is 4.79 Å². The highest BCUT2D eigenvalue weighted by atomic mass is 16.2. The highest BCUT2D eigenvalue weighted by molar-refractivity contribution is 5.92. The zero-order chi connectivity index (χ0) is 16.5. The zero-order valence-electron chi connectivity index (χ0n) is 14.4. The molecule has 0 bridgehead atoms. The van der Waals surface area contributed by atoms with Gasteiger partial charge in [0.2, 0.25) is 0 Å². The molecule has 2 aliphatic heterocycles. The predicted octanol–water partition coefficient (Wildman–Crippen LogP) is 3.55. The summed E-state index contributed by atoms with van der Waals surface area (Å²) in [5.74, 6) is 1.70. The number of aryl methyl sites for hydroxylation is 2. The molecule has 0 saturated carbocycles. The van der Waals surface area contributed by atoms with E-state index >= 15 is 0 Å². The SMILES string of the molecule is Cc1cccc([C@@H]2CCc3nc(C(=O)N4CCCCC4)cn3C2)c1. The van der Waals surface area contributed by atoms with Crippen molar-refractivity contribution in [1.29, 1.82) is 0 Å². The predicted molar refractivity (Wildman–Crippen MR) is 94.2 cm³/mol. The Morgan fingerprint density at radius 1 is 1.21 bits per heavy atom. The third kappa shape index (κ3) is 2.97. The Labute approximate surface area is 143 Å². The maximum absolute atomic E-state index is 12.7. The number of likely N-dealkylation sites (tertiary alicyclic amines) is 1. The second-order valence-corrected chi connectivity index (χ2v) is 7.20. The minimum Gasteiger partial charge on any atom is -0.337 e. The van der Waals surface area contributed by atoms with Crippen LogP contribution in [-0.4, -0.2) is 33.4 Å². The summed E-state index contributed by atoms with van der Waals surface area (Å²) in [4.78, 5) is 19.3. The molecule has 3 heterocycles. The lowest BCUT2D eigenvalue weighted by Gasteiger charge is -2.25. The Kier molecular flexibility index (Phi) is 4.13. The van der Waals surface area contributed by atoms with Gasteiger partial charge in [0, 0.05) is 38.2 Å². The first-order valence-electron chi connectivity index (χ1n) is 9.12. The summed E-state index contributed by atoms with van der Waals surface area (Å²) in [5.41, 5.74) is 3.35. The molecule has 0 N–H and O–H groups in total. The van der Waals surface area contributed by atoms with Crippen LogP contribution >= 0.6 is 0 Å². The van der Waals surface area contributed by atoms with Crippen LogP contribution < -0.4 is 0 Å². The van der Waals surface area contributed by atoms with Crippen LogP contribution in [0.5, 0.6) is 0 Å². The molecule has 4 rings (SSSR count). The van der Waals surface area contributed by atoms with Crippen molar-refractivity contribution in [3.8, 4) is 0 Å². The van der Waals surface area contributed by atoms with Gasteiger partial charge in [-0.15, -0.1) is 0 Å². The van der Waals surface area contributed by atoms with Gasteiger partial charge in [0.25, 0.3) is 5.91 Å². The van der Waals surface area contributed by atoms with Gasteiger partial charge in [-0.25, -0.2) is 4.98 Å². The molecule has 1 amide bonds. The van der Waals surface area contributed by atoms with Crippen molar-refractivity contribution in [2.45, 2.75) is 51.5 Å². The van der Waals surface area contributed by atoms with Gasteiger partial charge in [0.15, 0.2) is 0 Å². The third-order valence-corrected chi connectivity index (χ3v) is 5.37. The number of aromatic nitrogens is 2. The van der Waals surface area contributed by atoms with E-state index in [2.05, 4.69) is 40.7 Å². The Hall–Kier alpha value is -2.10. The van der Waals surface area contributed by atoms with Crippen molar-refractivity contribution >= 4 is 5.91 Å². The number of piperidine rings is 1. The topological polar surface area (TPSA) is 38.1 Å². The number of benzene rings is 1. The van der Waals surface area contributed by atoms with Gasteiger partial charge in [-0.2, -0.15) is 0 Å². The lowest BCUT2D eigenvalue weighted by atomic mass is 9.91. The van der Waals surface area contributed by atoms with Crippen molar-refractivity contribution in [3.63, 3.8) is 0 Å². The monoisotopic (exact) mass is 323 g/mol. The summed E-state index contributed by atoms with van der Waals surface area (Å²) in [6.07, 6.45) is 7.52. The number of carbonyl (C=O) groups is 1. The molecular formula is C20H25N3O. The van der Waals surface area contributed by atoms with Crippen molar-refractivity contribution in [2.24, 2.45) is 0 Å². The normalized spacial score (nSPS) is 20.7. The molecule has 0 radical (unpaired) electrons. The number of carbonyl (C=O) groups excluding carboxylic acids is 1. The quantitative estimate of drug-likeness (QED) is 0.848. The number of imidazole rings is 1. The molecule has 1 aromatic heterocycles. The fourth-order valence-electron chi connectivity index (χ4n) is 4.00. The molecule has 0 aliphatic carbocycles. The standard InChI is InChI=1S/C20H25N3O/c1-15-6-5-7-16(12-15)17-8-9-19-21-18(14-23(19)13-17)20(24)22-10-3-2-4-11-22/h5-7,12,14,17H,2-4,8-11,13H2,1H3/t17-/m1/s1. The molecule has 0 spiro atoms. The number of hydrogen-bond donors (Lipinski definition) is 0. The third-order valence-electron chi connectivity index (χ3n) is 5.37. The van der Waals surface area contributed by atoms with Crippen LogP contribution in [0.3, 0.4) is 0 Å². The summed E-state index contributed by atoms with van der Waals surface area (Å²) in [5, 5.41) is 0. The Balaban J connectivity index is 1.52. The van der Waals surface area contributed by atoms with Crippen LogP contribution in [-0.2, 0) is 13.0 Å². The fourth-order valence-corrected chi connectivity index (χ4v) is 4.00. The summed E-state index contributed by atoms with van der Waals surface area (Å²) >= 11 is 0. The molecule has 1 aromatic carbocycles. The molecule has 1 saturated heterocycles. The minimum atomic E-state index is 0.115. The zero-order valence-corrected chi connectivity index (χ0v) is 14.4. The maximum Gasteiger partial charge on any atom is 0.274 e. The number of rotatable bonds is 2. The smallest absolute Gasteiger partial charge is 0.274 e. The Morgan fingerprint density at radius 3 is 2.83 bits per heavy atom. The second kappa shape index (κ2) is 6.42. The van der Waals surface area contributed by atoms with E-state index in [-0.39, 0.29) is 5.91 Å². The first kappa shape index (κ1) is 15.4. The van der Waals surface area contributed by atoms with Gasteiger partial charge in [0.1, 0.15) is 11.5 Å². The molecule has 2 aromatic rings. The highest BCUT2D eigenvalue weighted by Gasteiger charge is 2.26. The molecular weight excluding hydrogens is 298 g/mol. The van der Waals surface area contributed by atoms with Gasteiger partial charge in [-0.1, -0.05) is 29.8 Å². The molecule has 1 fully saturated rings. The van der Waals surface area contributed by atoms with Crippen LogP contribution in [0.1, 0.15) is 59.0 Å². The van der Waals surface area contributed by atoms with E-state index in [9.17, 15) is 4.79 Å². The molecule has 126 valence electrons. The highest BCUT2D eigenvalue weighted by Crippen LogP contribution is 2.29. The second-order valence-electron chi connectivity index (χ2n) is 7.20. The summed E-state index contributed by atoms with van der Waals surface area (Å²) < 4.78 is 2.20. The van der Waals surface area contributed by atoms with Gasteiger partial charge in [-0.05, 0) is 38.2 Å². The number of hydrogen-bond acceptors (Lipinski definition) is 2. The molecule has 1 atom stereocenters. The van der Waals surface area contributed by atoms with E-state index in [4.69, 9.17) is 0 Å². The maximum atomic E-state index is 12.7. The van der Waals surface area contributed by atoms with Crippen LogP contribution in [0.25, 0.3) is 0 Å². The number of amides is 1. The Morgan fingerprint density at radius 2 is 2.04 bits per heavy atom. The fraction of sp³-hybridized carbons (Fsp3) is 0.500. The van der Waals surface area contributed by atoms with E-state index < -0.39 is 0 Å². The van der Waals surface area contributed by atoms with E-state index in [1.54, 1.807) is 0 Å². The average molecular weight is 323 g/mol. The average Bonchev–Trinajstić information content (AvgIpc) is 3.05. The lowest BCUT2D eigenvalue weighted by molar-refractivity contribution is 0.0718. The van der Waals surface area contributed by atoms with Gasteiger partial charge in [0.05, 0.1) is 0 Å². The van der Waals surface area contributed by atoms with Crippen molar-refractivity contribution in [2.75, 3.05) is 13.1 Å². The first-order valence-corrected chi connectivity index (χ1v) is 9.12. The molecule has 4 heteroatoms. The molecule has 24 heavy (non-hydrogen) atoms. The van der Waals surface area contributed by atoms with Crippen LogP contribution in [0, 0.1) is 6.92 Å². The molecule has 2 aliphatic rings. The van der Waals surface area contributed by atoms with Crippen LogP contribution in [0.2, 0.25) is 0 Å². The van der Waals surface area contributed by atoms with E-state index in [1.807, 2.05) is 11.1 Å². The van der Waals surface area contributed by atoms with E-state index in [0.29, 0.717) is 11.6 Å².